The van der Waals surface area contributed by atoms with E-state index in [-0.39, 0.29) is 17.7 Å². The quantitative estimate of drug-likeness (QED) is 0.722. The second kappa shape index (κ2) is 7.16. The average Bonchev–Trinajstić information content (AvgIpc) is 2.60. The molecule has 3 rings (SSSR count). The van der Waals surface area contributed by atoms with Gasteiger partial charge in [0.15, 0.2) is 0 Å². The molecule has 0 aliphatic carbocycles. The molecule has 6 nitrogen and oxygen atoms in total. The molecule has 0 fully saturated rings. The molecule has 0 radical (unpaired) electrons. The Hall–Kier alpha value is -2.65. The molecule has 2 aromatic carbocycles. The second-order valence-corrected chi connectivity index (χ2v) is 7.96. The van der Waals surface area contributed by atoms with Crippen molar-refractivity contribution in [2.75, 3.05) is 0 Å². The van der Waals surface area contributed by atoms with Gasteiger partial charge < -0.3 is 0 Å². The molecule has 142 valence electrons. The van der Waals surface area contributed by atoms with E-state index in [2.05, 4.69) is 9.82 Å². The van der Waals surface area contributed by atoms with Crippen LogP contribution in [0.1, 0.15) is 12.5 Å². The summed E-state index contributed by atoms with van der Waals surface area (Å²) in [4.78, 5) is 11.8. The van der Waals surface area contributed by atoms with Gasteiger partial charge in [-0.15, -0.1) is 0 Å². The number of hydrogen-bond donors (Lipinski definition) is 1. The predicted octanol–water partition coefficient (Wildman–Crippen LogP) is 2.35. The fourth-order valence-corrected chi connectivity index (χ4v) is 4.10. The minimum absolute atomic E-state index is 0.0110. The maximum atomic E-state index is 13.9. The number of rotatable bonds is 5. The van der Waals surface area contributed by atoms with Gasteiger partial charge in [0.1, 0.15) is 16.5 Å². The molecule has 1 atom stereocenters. The summed E-state index contributed by atoms with van der Waals surface area (Å²) in [5, 5.41) is 5.18. The SMILES string of the molecule is Cc1cc(S(=O)(=O)N[C@@H](C)Cn2ncc3ccccc3c2=O)c(F)cc1F. The normalized spacial score (nSPS) is 13.0. The van der Waals surface area contributed by atoms with Gasteiger partial charge in [-0.2, -0.15) is 5.10 Å². The molecule has 0 amide bonds. The van der Waals surface area contributed by atoms with E-state index in [9.17, 15) is 22.0 Å². The Labute approximate surface area is 154 Å². The van der Waals surface area contributed by atoms with Gasteiger partial charge in [0.05, 0.1) is 18.1 Å². The highest BCUT2D eigenvalue weighted by molar-refractivity contribution is 7.89. The monoisotopic (exact) mass is 393 g/mol. The Bertz CT molecular complexity index is 1180. The first kappa shape index (κ1) is 19.1. The minimum Gasteiger partial charge on any atom is -0.267 e. The minimum atomic E-state index is -4.24. The summed E-state index contributed by atoms with van der Waals surface area (Å²) in [6.07, 6.45) is 1.51. The van der Waals surface area contributed by atoms with Crippen molar-refractivity contribution in [1.82, 2.24) is 14.5 Å². The number of nitrogens with one attached hydrogen (secondary N) is 1. The zero-order chi connectivity index (χ0) is 19.8. The van der Waals surface area contributed by atoms with E-state index in [1.165, 1.54) is 20.0 Å². The van der Waals surface area contributed by atoms with Crippen LogP contribution < -0.4 is 10.3 Å². The number of benzene rings is 2. The molecular weight excluding hydrogens is 376 g/mol. The molecule has 0 unspecified atom stereocenters. The summed E-state index contributed by atoms with van der Waals surface area (Å²) in [5.74, 6) is -2.01. The zero-order valence-corrected chi connectivity index (χ0v) is 15.4. The van der Waals surface area contributed by atoms with Gasteiger partial charge in [-0.05, 0) is 31.5 Å². The molecule has 0 saturated carbocycles. The van der Waals surface area contributed by atoms with Gasteiger partial charge >= 0.3 is 0 Å². The van der Waals surface area contributed by atoms with Crippen molar-refractivity contribution in [3.63, 3.8) is 0 Å². The Morgan fingerprint density at radius 3 is 2.63 bits per heavy atom. The standard InChI is InChI=1S/C18H17F2N3O3S/c1-11-7-17(16(20)8-15(11)19)27(25,26)22-12(2)10-23-18(24)14-6-4-3-5-13(14)9-21-23/h3-9,12,22H,10H2,1-2H3/t12-/m0/s1. The molecule has 27 heavy (non-hydrogen) atoms. The fraction of sp³-hybridized carbons (Fsp3) is 0.222. The van der Waals surface area contributed by atoms with Gasteiger partial charge in [-0.25, -0.2) is 26.6 Å². The molecular formula is C18H17F2N3O3S. The Morgan fingerprint density at radius 1 is 1.19 bits per heavy atom. The number of fused-ring (bicyclic) bond motifs is 1. The zero-order valence-electron chi connectivity index (χ0n) is 14.6. The van der Waals surface area contributed by atoms with E-state index in [4.69, 9.17) is 0 Å². The van der Waals surface area contributed by atoms with Crippen molar-refractivity contribution >= 4 is 20.8 Å². The summed E-state index contributed by atoms with van der Waals surface area (Å²) in [6.45, 7) is 2.82. The Balaban J connectivity index is 1.85. The first-order valence-corrected chi connectivity index (χ1v) is 9.60. The van der Waals surface area contributed by atoms with Crippen LogP contribution in [-0.4, -0.2) is 24.2 Å². The van der Waals surface area contributed by atoms with Crippen LogP contribution in [0, 0.1) is 18.6 Å². The van der Waals surface area contributed by atoms with Gasteiger partial charge in [0.25, 0.3) is 5.56 Å². The Kier molecular flexibility index (Phi) is 5.07. The average molecular weight is 393 g/mol. The summed E-state index contributed by atoms with van der Waals surface area (Å²) < 4.78 is 55.6. The topological polar surface area (TPSA) is 81.1 Å². The third-order valence-electron chi connectivity index (χ3n) is 4.07. The van der Waals surface area contributed by atoms with Crippen molar-refractivity contribution in [2.24, 2.45) is 0 Å². The van der Waals surface area contributed by atoms with Gasteiger partial charge in [-0.1, -0.05) is 18.2 Å². The lowest BCUT2D eigenvalue weighted by atomic mass is 10.2. The van der Waals surface area contributed by atoms with Gasteiger partial charge in [-0.3, -0.25) is 4.79 Å². The molecule has 0 saturated heterocycles. The fourth-order valence-electron chi connectivity index (χ4n) is 2.72. The molecule has 0 aliphatic rings. The van der Waals surface area contributed by atoms with Gasteiger partial charge in [0.2, 0.25) is 10.0 Å². The van der Waals surface area contributed by atoms with E-state index in [0.717, 1.165) is 10.7 Å². The number of hydrogen-bond acceptors (Lipinski definition) is 4. The molecule has 0 spiro atoms. The molecule has 9 heteroatoms. The largest absolute Gasteiger partial charge is 0.274 e. The maximum Gasteiger partial charge on any atom is 0.274 e. The van der Waals surface area contributed by atoms with Crippen LogP contribution in [-0.2, 0) is 16.6 Å². The summed E-state index contributed by atoms with van der Waals surface area (Å²) >= 11 is 0. The third-order valence-corrected chi connectivity index (χ3v) is 5.67. The first-order chi connectivity index (χ1) is 12.7. The van der Waals surface area contributed by atoms with Crippen molar-refractivity contribution in [3.05, 3.63) is 70.1 Å². The molecule has 0 aliphatic heterocycles. The lowest BCUT2D eigenvalue weighted by molar-refractivity contribution is 0.477. The van der Waals surface area contributed by atoms with Crippen molar-refractivity contribution < 1.29 is 17.2 Å². The summed E-state index contributed by atoms with van der Waals surface area (Å²) in [5.41, 5.74) is -0.347. The first-order valence-electron chi connectivity index (χ1n) is 8.12. The van der Waals surface area contributed by atoms with Crippen LogP contribution in [0.25, 0.3) is 10.8 Å². The maximum absolute atomic E-state index is 13.9. The van der Waals surface area contributed by atoms with Crippen LogP contribution >= 0.6 is 0 Å². The van der Waals surface area contributed by atoms with Crippen LogP contribution in [0.5, 0.6) is 0 Å². The smallest absolute Gasteiger partial charge is 0.267 e. The number of aromatic nitrogens is 2. The molecule has 1 heterocycles. The number of nitrogens with zero attached hydrogens (tertiary/aromatic N) is 2. The second-order valence-electron chi connectivity index (χ2n) is 6.27. The van der Waals surface area contributed by atoms with E-state index in [1.54, 1.807) is 24.3 Å². The third kappa shape index (κ3) is 3.88. The van der Waals surface area contributed by atoms with E-state index >= 15 is 0 Å². The number of sulfonamides is 1. The highest BCUT2D eigenvalue weighted by Gasteiger charge is 2.23. The summed E-state index contributed by atoms with van der Waals surface area (Å²) in [6, 6.07) is 7.61. The van der Waals surface area contributed by atoms with Crippen LogP contribution in [0.3, 0.4) is 0 Å². The highest BCUT2D eigenvalue weighted by Crippen LogP contribution is 2.19. The van der Waals surface area contributed by atoms with Gasteiger partial charge in [0, 0.05) is 17.5 Å². The molecule has 0 bridgehead atoms. The van der Waals surface area contributed by atoms with Crippen LogP contribution in [0.15, 0.2) is 52.3 Å². The lowest BCUT2D eigenvalue weighted by Crippen LogP contribution is -2.39. The van der Waals surface area contributed by atoms with E-state index in [0.29, 0.717) is 16.8 Å². The highest BCUT2D eigenvalue weighted by atomic mass is 32.2. The molecule has 1 aromatic heterocycles. The summed E-state index contributed by atoms with van der Waals surface area (Å²) in [7, 11) is -4.24. The van der Waals surface area contributed by atoms with Crippen molar-refractivity contribution in [3.8, 4) is 0 Å². The molecule has 1 N–H and O–H groups in total. The van der Waals surface area contributed by atoms with Crippen LogP contribution in [0.2, 0.25) is 0 Å². The number of halogens is 2. The van der Waals surface area contributed by atoms with Crippen molar-refractivity contribution in [1.29, 1.82) is 0 Å². The van der Waals surface area contributed by atoms with Crippen LogP contribution in [0.4, 0.5) is 8.78 Å². The molecule has 3 aromatic rings. The van der Waals surface area contributed by atoms with Crippen molar-refractivity contribution in [2.45, 2.75) is 31.3 Å². The van der Waals surface area contributed by atoms with E-state index in [1.807, 2.05) is 0 Å². The lowest BCUT2D eigenvalue weighted by Gasteiger charge is -2.16. The van der Waals surface area contributed by atoms with E-state index < -0.39 is 32.6 Å². The predicted molar refractivity (Wildman–Crippen MR) is 96.9 cm³/mol. The Morgan fingerprint density at radius 2 is 1.89 bits per heavy atom. The number of aryl methyl sites for hydroxylation is 1.